The Balaban J connectivity index is 1.48. The van der Waals surface area contributed by atoms with E-state index in [1.807, 2.05) is 0 Å². The number of fused-ring (bicyclic) bond motifs is 1. The summed E-state index contributed by atoms with van der Waals surface area (Å²) in [6.45, 7) is 2.28. The molecule has 0 fully saturated rings. The zero-order valence-electron chi connectivity index (χ0n) is 25.7. The number of aliphatic hydroxyl groups excluding tert-OH is 1. The molecule has 5 rings (SSSR count). The van der Waals surface area contributed by atoms with E-state index in [1.165, 1.54) is 36.3 Å². The Morgan fingerprint density at radius 3 is 2.62 bits per heavy atom. The minimum atomic E-state index is -4.83. The average Bonchev–Trinajstić information content (AvgIpc) is 3.60. The highest BCUT2D eigenvalue weighted by atomic mass is 31.2. The molecule has 1 atom stereocenters. The van der Waals surface area contributed by atoms with Crippen molar-refractivity contribution >= 4 is 36.6 Å². The van der Waals surface area contributed by atoms with Crippen LogP contribution in [0.25, 0.3) is 11.1 Å². The number of halogens is 3. The van der Waals surface area contributed by atoms with Crippen molar-refractivity contribution in [2.45, 2.75) is 38.8 Å². The Kier molecular flexibility index (Phi) is 9.86. The van der Waals surface area contributed by atoms with Crippen LogP contribution >= 0.6 is 7.60 Å². The Morgan fingerprint density at radius 2 is 1.91 bits per heavy atom. The molecule has 47 heavy (non-hydrogen) atoms. The first-order chi connectivity index (χ1) is 22.3. The summed E-state index contributed by atoms with van der Waals surface area (Å²) in [4.78, 5) is 34.8. The summed E-state index contributed by atoms with van der Waals surface area (Å²) in [6.07, 6.45) is -0.669. The van der Waals surface area contributed by atoms with E-state index in [2.05, 4.69) is 25.7 Å². The van der Waals surface area contributed by atoms with Crippen LogP contribution in [-0.4, -0.2) is 63.0 Å². The number of carbonyl (C=O) groups excluding carboxylic acids is 1. The van der Waals surface area contributed by atoms with Crippen LogP contribution in [0.4, 0.5) is 36.3 Å². The van der Waals surface area contributed by atoms with E-state index in [4.69, 9.17) is 14.4 Å². The number of amides is 1. The number of benzene rings is 2. The molecule has 0 saturated heterocycles. The van der Waals surface area contributed by atoms with Crippen molar-refractivity contribution < 1.29 is 41.8 Å². The largest absolute Gasteiger partial charge is 0.778 e. The van der Waals surface area contributed by atoms with Crippen molar-refractivity contribution in [2.75, 3.05) is 38.0 Å². The van der Waals surface area contributed by atoms with Crippen LogP contribution in [0.2, 0.25) is 0 Å². The molecule has 4 aromatic rings. The summed E-state index contributed by atoms with van der Waals surface area (Å²) >= 11 is 0. The minimum Gasteiger partial charge on any atom is -0.778 e. The van der Waals surface area contributed by atoms with Crippen molar-refractivity contribution in [3.63, 3.8) is 0 Å². The number of alkyl halides is 3. The lowest BCUT2D eigenvalue weighted by atomic mass is 9.97. The quantitative estimate of drug-likeness (QED) is 0.165. The van der Waals surface area contributed by atoms with E-state index in [0.29, 0.717) is 41.4 Å². The molecule has 1 aliphatic rings. The second-order valence-corrected chi connectivity index (χ2v) is 12.5. The minimum absolute atomic E-state index is 0.00519. The Labute approximate surface area is 267 Å². The first-order valence-electron chi connectivity index (χ1n) is 14.5. The molecule has 1 amide bonds. The van der Waals surface area contributed by atoms with E-state index >= 15 is 0 Å². The van der Waals surface area contributed by atoms with E-state index in [-0.39, 0.29) is 60.5 Å². The standard InChI is InChI=1S/C30H33F3N7O6P/c1-4-46-47(43,44)17-18-6-8-23(25(12-18)45-3)37-29-34-14-22(30(31,32)33)27(38-29)36-24-9-7-20(21-16-39(2)28(42)26(21)24)19-13-35-40(15-19)10-5-11-41/h6-9,12-15,41H,4-5,10-11,16-17H2,1-3H3,(H,43,44)(H2,34,36,37,38)/p-1. The van der Waals surface area contributed by atoms with Gasteiger partial charge in [0.2, 0.25) is 5.95 Å². The Morgan fingerprint density at radius 1 is 1.15 bits per heavy atom. The second-order valence-electron chi connectivity index (χ2n) is 10.7. The lowest BCUT2D eigenvalue weighted by Gasteiger charge is -2.23. The first-order valence-corrected chi connectivity index (χ1v) is 16.2. The van der Waals surface area contributed by atoms with Gasteiger partial charge >= 0.3 is 6.18 Å². The first kappa shape index (κ1) is 33.9. The second kappa shape index (κ2) is 13.7. The molecule has 0 bridgehead atoms. The summed E-state index contributed by atoms with van der Waals surface area (Å²) in [5.41, 5.74) is 1.84. The molecule has 250 valence electrons. The average molecular weight is 675 g/mol. The maximum Gasteiger partial charge on any atom is 0.421 e. The van der Waals surface area contributed by atoms with Crippen LogP contribution in [0.3, 0.4) is 0 Å². The predicted octanol–water partition coefficient (Wildman–Crippen LogP) is 4.91. The highest BCUT2D eigenvalue weighted by Gasteiger charge is 2.37. The molecule has 2 aromatic heterocycles. The number of aryl methyl sites for hydroxylation is 1. The van der Waals surface area contributed by atoms with Gasteiger partial charge in [-0.3, -0.25) is 9.48 Å². The SMILES string of the molecule is CCOP(=O)([O-])Cc1ccc(Nc2ncc(C(F)(F)F)c(Nc3ccc(-c4cnn(CCCO)c4)c4c3C(=O)N(C)C4)n2)c(OC)c1. The number of nitrogens with zero attached hydrogens (tertiary/aromatic N) is 5. The third kappa shape index (κ3) is 7.57. The molecule has 13 nitrogen and oxygen atoms in total. The molecule has 2 aromatic carbocycles. The summed E-state index contributed by atoms with van der Waals surface area (Å²) in [5.74, 6) is -1.00. The van der Waals surface area contributed by atoms with Gasteiger partial charge in [-0.15, -0.1) is 0 Å². The fraction of sp³-hybridized carbons (Fsp3) is 0.333. The lowest BCUT2D eigenvalue weighted by molar-refractivity contribution is -0.198. The summed E-state index contributed by atoms with van der Waals surface area (Å²) in [5, 5.41) is 19.0. The molecular weight excluding hydrogens is 642 g/mol. The van der Waals surface area contributed by atoms with Crippen molar-refractivity contribution in [3.8, 4) is 16.9 Å². The van der Waals surface area contributed by atoms with Gasteiger partial charge in [0.05, 0.1) is 36.9 Å². The zero-order valence-corrected chi connectivity index (χ0v) is 26.6. The highest BCUT2D eigenvalue weighted by Crippen LogP contribution is 2.43. The zero-order chi connectivity index (χ0) is 33.9. The van der Waals surface area contributed by atoms with Gasteiger partial charge in [0.25, 0.3) is 5.91 Å². The van der Waals surface area contributed by atoms with Crippen molar-refractivity contribution in [2.24, 2.45) is 0 Å². The van der Waals surface area contributed by atoms with Crippen LogP contribution in [0.5, 0.6) is 5.75 Å². The van der Waals surface area contributed by atoms with Gasteiger partial charge in [0, 0.05) is 50.9 Å². The predicted molar refractivity (Wildman–Crippen MR) is 165 cm³/mol. The number of nitrogens with one attached hydrogen (secondary N) is 2. The van der Waals surface area contributed by atoms with E-state index < -0.39 is 25.2 Å². The number of aliphatic hydroxyl groups is 1. The third-order valence-corrected chi connectivity index (χ3v) is 8.72. The van der Waals surface area contributed by atoms with Crippen LogP contribution in [0.15, 0.2) is 48.9 Å². The fourth-order valence-electron chi connectivity index (χ4n) is 5.18. The molecule has 0 radical (unpaired) electrons. The molecule has 1 aliphatic heterocycles. The number of hydrogen-bond acceptors (Lipinski definition) is 11. The smallest absolute Gasteiger partial charge is 0.421 e. The molecule has 3 N–H and O–H groups in total. The molecule has 0 aliphatic carbocycles. The normalized spacial score (nSPS) is 14.2. The van der Waals surface area contributed by atoms with Gasteiger partial charge in [-0.2, -0.15) is 23.3 Å². The van der Waals surface area contributed by atoms with Crippen LogP contribution in [0.1, 0.15) is 40.4 Å². The number of carbonyl (C=O) groups is 1. The van der Waals surface area contributed by atoms with Gasteiger partial charge in [0.1, 0.15) is 24.7 Å². The van der Waals surface area contributed by atoms with E-state index in [1.54, 1.807) is 37.1 Å². The van der Waals surface area contributed by atoms with E-state index in [9.17, 15) is 27.4 Å². The van der Waals surface area contributed by atoms with Gasteiger partial charge in [-0.1, -0.05) is 12.1 Å². The maximum atomic E-state index is 14.1. The third-order valence-electron chi connectivity index (χ3n) is 7.32. The molecule has 1 unspecified atom stereocenters. The number of ether oxygens (including phenoxy) is 1. The summed E-state index contributed by atoms with van der Waals surface area (Å²) in [6, 6.07) is 7.66. The fourth-order valence-corrected chi connectivity index (χ4v) is 6.31. The number of hydrogen-bond donors (Lipinski definition) is 3. The van der Waals surface area contributed by atoms with Crippen LogP contribution in [0, 0.1) is 0 Å². The Bertz CT molecular complexity index is 1830. The van der Waals surface area contributed by atoms with Crippen molar-refractivity contribution in [3.05, 3.63) is 71.2 Å². The number of aromatic nitrogens is 4. The maximum absolute atomic E-state index is 14.1. The van der Waals surface area contributed by atoms with Gasteiger partial charge < -0.3 is 39.4 Å². The highest BCUT2D eigenvalue weighted by molar-refractivity contribution is 7.50. The summed E-state index contributed by atoms with van der Waals surface area (Å²) < 4.78 is 66.4. The molecule has 0 saturated carbocycles. The number of anilines is 4. The topological polar surface area (TPSA) is 167 Å². The van der Waals surface area contributed by atoms with Crippen LogP contribution in [-0.2, 0) is 34.5 Å². The van der Waals surface area contributed by atoms with Crippen molar-refractivity contribution in [1.29, 1.82) is 0 Å². The summed E-state index contributed by atoms with van der Waals surface area (Å²) in [7, 11) is -1.18. The van der Waals surface area contributed by atoms with Crippen molar-refractivity contribution in [1.82, 2.24) is 24.6 Å². The van der Waals surface area contributed by atoms with Gasteiger partial charge in [0.15, 0.2) is 0 Å². The molecular formula is C30H32F3N7O6P-. The molecule has 3 heterocycles. The van der Waals surface area contributed by atoms with Gasteiger partial charge in [-0.25, -0.2) is 4.98 Å². The molecule has 0 spiro atoms. The molecule has 17 heteroatoms. The monoisotopic (exact) mass is 674 g/mol. The van der Waals surface area contributed by atoms with Crippen LogP contribution < -0.4 is 20.3 Å². The number of methoxy groups -OCH3 is 1. The van der Waals surface area contributed by atoms with Gasteiger partial charge in [-0.05, 0) is 48.2 Å². The Hall–Kier alpha value is -4.50. The lowest BCUT2D eigenvalue weighted by Crippen LogP contribution is -2.18. The number of rotatable bonds is 13. The van der Waals surface area contributed by atoms with E-state index in [0.717, 1.165) is 0 Å².